The summed E-state index contributed by atoms with van der Waals surface area (Å²) in [6.45, 7) is 2.40. The van der Waals surface area contributed by atoms with Crippen molar-refractivity contribution in [2.24, 2.45) is 5.92 Å². The van der Waals surface area contributed by atoms with E-state index < -0.39 is 0 Å². The molecule has 0 unspecified atom stereocenters. The van der Waals surface area contributed by atoms with Crippen LogP contribution in [0.4, 0.5) is 0 Å². The lowest BCUT2D eigenvalue weighted by molar-refractivity contribution is -0.148. The molecule has 1 rings (SSSR count). The van der Waals surface area contributed by atoms with Crippen LogP contribution in [-0.2, 0) is 16.0 Å². The summed E-state index contributed by atoms with van der Waals surface area (Å²) in [7, 11) is 0. The lowest BCUT2D eigenvalue weighted by atomic mass is 9.94. The normalized spacial score (nSPS) is 12.2. The predicted octanol–water partition coefficient (Wildman–Crippen LogP) is 3.33. The van der Waals surface area contributed by atoms with E-state index in [2.05, 4.69) is 15.9 Å². The number of esters is 1. The van der Waals surface area contributed by atoms with Crippen molar-refractivity contribution in [3.05, 3.63) is 34.3 Å². The van der Waals surface area contributed by atoms with E-state index in [9.17, 15) is 4.79 Å². The molecule has 1 N–H and O–H groups in total. The number of hydrogen-bond acceptors (Lipinski definition) is 3. The van der Waals surface area contributed by atoms with E-state index in [0.29, 0.717) is 13.0 Å². The van der Waals surface area contributed by atoms with Gasteiger partial charge in [-0.2, -0.15) is 0 Å². The highest BCUT2D eigenvalue weighted by Crippen LogP contribution is 2.23. The molecule has 1 aromatic rings. The molecule has 19 heavy (non-hydrogen) atoms. The SMILES string of the molecule is CCOC(=O)[C@@H](CCCCO)Cc1ccccc1Br. The summed E-state index contributed by atoms with van der Waals surface area (Å²) in [5.41, 5.74) is 1.12. The van der Waals surface area contributed by atoms with Crippen LogP contribution < -0.4 is 0 Å². The van der Waals surface area contributed by atoms with E-state index >= 15 is 0 Å². The first kappa shape index (κ1) is 16.2. The van der Waals surface area contributed by atoms with Crippen molar-refractivity contribution in [2.75, 3.05) is 13.2 Å². The molecule has 0 fully saturated rings. The van der Waals surface area contributed by atoms with Crippen molar-refractivity contribution in [3.8, 4) is 0 Å². The van der Waals surface area contributed by atoms with Crippen LogP contribution in [0.5, 0.6) is 0 Å². The van der Waals surface area contributed by atoms with Gasteiger partial charge in [-0.15, -0.1) is 0 Å². The van der Waals surface area contributed by atoms with Crippen LogP contribution in [0.25, 0.3) is 0 Å². The smallest absolute Gasteiger partial charge is 0.309 e. The van der Waals surface area contributed by atoms with Gasteiger partial charge in [-0.25, -0.2) is 0 Å². The van der Waals surface area contributed by atoms with Crippen molar-refractivity contribution in [2.45, 2.75) is 32.6 Å². The van der Waals surface area contributed by atoms with Crippen molar-refractivity contribution < 1.29 is 14.6 Å². The first-order valence-electron chi connectivity index (χ1n) is 6.70. The van der Waals surface area contributed by atoms with Crippen LogP contribution in [0, 0.1) is 5.92 Å². The Bertz CT molecular complexity index is 393. The number of ether oxygens (including phenoxy) is 1. The van der Waals surface area contributed by atoms with Gasteiger partial charge in [-0.1, -0.05) is 40.5 Å². The molecule has 4 heteroatoms. The minimum absolute atomic E-state index is 0.134. The Kier molecular flexibility index (Phi) is 7.75. The third-order valence-electron chi connectivity index (χ3n) is 3.00. The summed E-state index contributed by atoms with van der Waals surface area (Å²) in [5, 5.41) is 8.83. The van der Waals surface area contributed by atoms with Crippen LogP contribution in [-0.4, -0.2) is 24.3 Å². The van der Waals surface area contributed by atoms with Crippen LogP contribution >= 0.6 is 15.9 Å². The van der Waals surface area contributed by atoms with Gasteiger partial charge in [0.25, 0.3) is 0 Å². The van der Waals surface area contributed by atoms with E-state index in [1.807, 2.05) is 31.2 Å². The number of aliphatic hydroxyl groups excluding tert-OH is 1. The molecule has 1 aromatic carbocycles. The number of hydrogen-bond donors (Lipinski definition) is 1. The standard InChI is InChI=1S/C15H21BrO3/c1-2-19-15(18)13(8-5-6-10-17)11-12-7-3-4-9-14(12)16/h3-4,7,9,13,17H,2,5-6,8,10-11H2,1H3/t13-/m0/s1. The highest BCUT2D eigenvalue weighted by atomic mass is 79.9. The molecule has 106 valence electrons. The molecule has 0 radical (unpaired) electrons. The second-order valence-corrected chi connectivity index (χ2v) is 5.32. The zero-order chi connectivity index (χ0) is 14.1. The van der Waals surface area contributed by atoms with Crippen molar-refractivity contribution in [1.82, 2.24) is 0 Å². The predicted molar refractivity (Wildman–Crippen MR) is 78.9 cm³/mol. The molecular formula is C15H21BrO3. The summed E-state index contributed by atoms with van der Waals surface area (Å²) in [5.74, 6) is -0.276. The van der Waals surface area contributed by atoms with Gasteiger partial charge >= 0.3 is 5.97 Å². The van der Waals surface area contributed by atoms with Gasteiger partial charge in [0.2, 0.25) is 0 Å². The summed E-state index contributed by atoms with van der Waals surface area (Å²) in [4.78, 5) is 12.0. The van der Waals surface area contributed by atoms with Gasteiger partial charge in [0.1, 0.15) is 0 Å². The highest BCUT2D eigenvalue weighted by Gasteiger charge is 2.20. The van der Waals surface area contributed by atoms with E-state index in [4.69, 9.17) is 9.84 Å². The first-order chi connectivity index (χ1) is 9.19. The van der Waals surface area contributed by atoms with Gasteiger partial charge in [-0.05, 0) is 37.8 Å². The van der Waals surface area contributed by atoms with Gasteiger partial charge in [-0.3, -0.25) is 4.79 Å². The Hall–Kier alpha value is -0.870. The number of aliphatic hydroxyl groups is 1. The molecule has 0 aliphatic carbocycles. The first-order valence-corrected chi connectivity index (χ1v) is 7.49. The van der Waals surface area contributed by atoms with Crippen LogP contribution in [0.3, 0.4) is 0 Å². The summed E-state index contributed by atoms with van der Waals surface area (Å²) >= 11 is 3.50. The van der Waals surface area contributed by atoms with Gasteiger partial charge in [0.15, 0.2) is 0 Å². The van der Waals surface area contributed by atoms with Crippen LogP contribution in [0.1, 0.15) is 31.7 Å². The Balaban J connectivity index is 2.67. The molecule has 3 nitrogen and oxygen atoms in total. The van der Waals surface area contributed by atoms with Gasteiger partial charge in [0, 0.05) is 11.1 Å². The maximum atomic E-state index is 12.0. The lowest BCUT2D eigenvalue weighted by Crippen LogP contribution is -2.20. The summed E-state index contributed by atoms with van der Waals surface area (Å²) in [6.07, 6.45) is 2.99. The minimum atomic E-state index is -0.142. The summed E-state index contributed by atoms with van der Waals surface area (Å²) < 4.78 is 6.15. The van der Waals surface area contributed by atoms with Crippen LogP contribution in [0.15, 0.2) is 28.7 Å². The molecule has 0 aromatic heterocycles. The Morgan fingerprint density at radius 1 is 1.37 bits per heavy atom. The quantitative estimate of drug-likeness (QED) is 0.588. The van der Waals surface area contributed by atoms with E-state index in [1.54, 1.807) is 0 Å². The van der Waals surface area contributed by atoms with E-state index in [0.717, 1.165) is 29.3 Å². The fourth-order valence-electron chi connectivity index (χ4n) is 2.00. The zero-order valence-electron chi connectivity index (χ0n) is 11.3. The third-order valence-corrected chi connectivity index (χ3v) is 3.78. The molecule has 0 aliphatic heterocycles. The minimum Gasteiger partial charge on any atom is -0.466 e. The van der Waals surface area contributed by atoms with E-state index in [-0.39, 0.29) is 18.5 Å². The van der Waals surface area contributed by atoms with Gasteiger partial charge < -0.3 is 9.84 Å². The second-order valence-electron chi connectivity index (χ2n) is 4.46. The molecule has 1 atom stereocenters. The van der Waals surface area contributed by atoms with Crippen molar-refractivity contribution in [1.29, 1.82) is 0 Å². The number of carbonyl (C=O) groups excluding carboxylic acids is 1. The third kappa shape index (κ3) is 5.74. The molecular weight excluding hydrogens is 308 g/mol. The highest BCUT2D eigenvalue weighted by molar-refractivity contribution is 9.10. The molecule has 0 amide bonds. The number of unbranched alkanes of at least 4 members (excludes halogenated alkanes) is 1. The summed E-state index contributed by atoms with van der Waals surface area (Å²) in [6, 6.07) is 7.92. The molecule has 0 saturated heterocycles. The van der Waals surface area contributed by atoms with Crippen molar-refractivity contribution in [3.63, 3.8) is 0 Å². The van der Waals surface area contributed by atoms with Gasteiger partial charge in [0.05, 0.1) is 12.5 Å². The fourth-order valence-corrected chi connectivity index (χ4v) is 2.44. The van der Waals surface area contributed by atoms with Crippen LogP contribution in [0.2, 0.25) is 0 Å². The largest absolute Gasteiger partial charge is 0.466 e. The second kappa shape index (κ2) is 9.10. The number of carbonyl (C=O) groups is 1. The lowest BCUT2D eigenvalue weighted by Gasteiger charge is -2.16. The maximum Gasteiger partial charge on any atom is 0.309 e. The molecule has 0 bridgehead atoms. The molecule has 0 saturated carbocycles. The zero-order valence-corrected chi connectivity index (χ0v) is 12.9. The monoisotopic (exact) mass is 328 g/mol. The molecule has 0 spiro atoms. The molecule has 0 aliphatic rings. The Morgan fingerprint density at radius 3 is 2.74 bits per heavy atom. The maximum absolute atomic E-state index is 12.0. The number of benzene rings is 1. The fraction of sp³-hybridized carbons (Fsp3) is 0.533. The number of rotatable bonds is 8. The van der Waals surface area contributed by atoms with Crippen molar-refractivity contribution >= 4 is 21.9 Å². The average Bonchev–Trinajstić information content (AvgIpc) is 2.40. The Labute approximate surface area is 123 Å². The topological polar surface area (TPSA) is 46.5 Å². The number of halogens is 1. The average molecular weight is 329 g/mol. The van der Waals surface area contributed by atoms with E-state index in [1.165, 1.54) is 0 Å². The molecule has 0 heterocycles. The Morgan fingerprint density at radius 2 is 2.11 bits per heavy atom.